The second-order valence-corrected chi connectivity index (χ2v) is 3.28. The predicted octanol–water partition coefficient (Wildman–Crippen LogP) is 1.37. The first-order valence-electron chi connectivity index (χ1n) is 3.68. The number of alkyl halides is 1. The Morgan fingerprint density at radius 2 is 2.15 bits per heavy atom. The largest absolute Gasteiger partial charge is 0.389 e. The van der Waals surface area contributed by atoms with Crippen LogP contribution in [0.3, 0.4) is 0 Å². The standard InChI is InChI=1S/C8H9Cl2NO2/c9-3-7(12)8(13)5-4-11-2-1-6(5)10/h1-2,4,7-8,12-13H,3H2. The van der Waals surface area contributed by atoms with Crippen molar-refractivity contribution in [1.82, 2.24) is 4.98 Å². The van der Waals surface area contributed by atoms with Crippen molar-refractivity contribution in [2.24, 2.45) is 0 Å². The van der Waals surface area contributed by atoms with Gasteiger partial charge in [0, 0.05) is 23.0 Å². The number of rotatable bonds is 3. The molecule has 0 radical (unpaired) electrons. The number of hydrogen-bond donors (Lipinski definition) is 2. The highest BCUT2D eigenvalue weighted by Gasteiger charge is 2.19. The number of halogens is 2. The molecule has 0 amide bonds. The van der Waals surface area contributed by atoms with Gasteiger partial charge in [0.25, 0.3) is 0 Å². The molecule has 3 nitrogen and oxygen atoms in total. The first-order valence-corrected chi connectivity index (χ1v) is 4.59. The predicted molar refractivity (Wildman–Crippen MR) is 50.9 cm³/mol. The molecule has 2 atom stereocenters. The third-order valence-corrected chi connectivity index (χ3v) is 2.30. The van der Waals surface area contributed by atoms with Crippen LogP contribution in [-0.2, 0) is 0 Å². The average Bonchev–Trinajstić information content (AvgIpc) is 2.16. The van der Waals surface area contributed by atoms with Crippen LogP contribution >= 0.6 is 23.2 Å². The van der Waals surface area contributed by atoms with E-state index >= 15 is 0 Å². The van der Waals surface area contributed by atoms with Crippen molar-refractivity contribution in [3.63, 3.8) is 0 Å². The maximum absolute atomic E-state index is 9.51. The summed E-state index contributed by atoms with van der Waals surface area (Å²) in [5, 5.41) is 19.1. The van der Waals surface area contributed by atoms with Crippen molar-refractivity contribution in [2.45, 2.75) is 12.2 Å². The zero-order chi connectivity index (χ0) is 9.84. The van der Waals surface area contributed by atoms with Crippen molar-refractivity contribution in [2.75, 3.05) is 5.88 Å². The van der Waals surface area contributed by atoms with E-state index in [4.69, 9.17) is 23.2 Å². The van der Waals surface area contributed by atoms with Crippen molar-refractivity contribution < 1.29 is 10.2 Å². The minimum atomic E-state index is -1.08. The van der Waals surface area contributed by atoms with Crippen LogP contribution in [0.4, 0.5) is 0 Å². The Morgan fingerprint density at radius 1 is 1.46 bits per heavy atom. The minimum absolute atomic E-state index is 0.0492. The van der Waals surface area contributed by atoms with E-state index in [9.17, 15) is 10.2 Å². The molecule has 5 heteroatoms. The Labute approximate surface area is 85.9 Å². The van der Waals surface area contributed by atoms with Crippen LogP contribution in [0, 0.1) is 0 Å². The summed E-state index contributed by atoms with van der Waals surface area (Å²) in [5.74, 6) is -0.0492. The van der Waals surface area contributed by atoms with Gasteiger partial charge in [0.15, 0.2) is 0 Å². The molecule has 0 aliphatic carbocycles. The van der Waals surface area contributed by atoms with Gasteiger partial charge in [-0.1, -0.05) is 11.6 Å². The highest BCUT2D eigenvalue weighted by atomic mass is 35.5. The van der Waals surface area contributed by atoms with Crippen LogP contribution in [0.15, 0.2) is 18.5 Å². The maximum atomic E-state index is 9.51. The van der Waals surface area contributed by atoms with Crippen LogP contribution in [-0.4, -0.2) is 27.2 Å². The van der Waals surface area contributed by atoms with E-state index in [0.717, 1.165) is 0 Å². The van der Waals surface area contributed by atoms with E-state index in [-0.39, 0.29) is 5.88 Å². The van der Waals surface area contributed by atoms with E-state index in [0.29, 0.717) is 10.6 Å². The van der Waals surface area contributed by atoms with Gasteiger partial charge in [-0.05, 0) is 6.07 Å². The second kappa shape index (κ2) is 4.77. The average molecular weight is 222 g/mol. The number of aromatic nitrogens is 1. The number of nitrogens with zero attached hydrogens (tertiary/aromatic N) is 1. The number of hydrogen-bond acceptors (Lipinski definition) is 3. The summed E-state index contributed by atoms with van der Waals surface area (Å²) in [5.41, 5.74) is 0.386. The van der Waals surface area contributed by atoms with Gasteiger partial charge in [0.1, 0.15) is 6.10 Å². The molecule has 0 bridgehead atoms. The highest BCUT2D eigenvalue weighted by molar-refractivity contribution is 6.31. The molecule has 0 fully saturated rings. The summed E-state index contributed by atoms with van der Waals surface area (Å²) in [6, 6.07) is 1.54. The Bertz CT molecular complexity index is 283. The van der Waals surface area contributed by atoms with Gasteiger partial charge < -0.3 is 10.2 Å². The summed E-state index contributed by atoms with van der Waals surface area (Å²) in [7, 11) is 0. The van der Waals surface area contributed by atoms with E-state index in [1.54, 1.807) is 6.07 Å². The van der Waals surface area contributed by atoms with Gasteiger partial charge in [0.05, 0.1) is 12.0 Å². The molecule has 0 saturated carbocycles. The van der Waals surface area contributed by atoms with Crippen molar-refractivity contribution in [1.29, 1.82) is 0 Å². The second-order valence-electron chi connectivity index (χ2n) is 2.56. The summed E-state index contributed by atoms with van der Waals surface area (Å²) in [6.45, 7) is 0. The van der Waals surface area contributed by atoms with Crippen molar-refractivity contribution in [3.8, 4) is 0 Å². The van der Waals surface area contributed by atoms with E-state index in [1.165, 1.54) is 12.4 Å². The molecule has 1 rings (SSSR count). The molecule has 1 aromatic heterocycles. The van der Waals surface area contributed by atoms with Crippen molar-refractivity contribution in [3.05, 3.63) is 29.0 Å². The SMILES string of the molecule is OC(CCl)C(O)c1cnccc1Cl. The molecule has 0 spiro atoms. The normalized spacial score (nSPS) is 15.4. The fourth-order valence-electron chi connectivity index (χ4n) is 0.899. The molecule has 0 saturated heterocycles. The summed E-state index contributed by atoms with van der Waals surface area (Å²) < 4.78 is 0. The Morgan fingerprint density at radius 3 is 2.69 bits per heavy atom. The summed E-state index contributed by atoms with van der Waals surface area (Å²) in [4.78, 5) is 3.78. The van der Waals surface area contributed by atoms with Crippen LogP contribution < -0.4 is 0 Å². The van der Waals surface area contributed by atoms with Crippen molar-refractivity contribution >= 4 is 23.2 Å². The summed E-state index contributed by atoms with van der Waals surface area (Å²) in [6.07, 6.45) is 0.802. The first kappa shape index (κ1) is 10.7. The maximum Gasteiger partial charge on any atom is 0.109 e. The lowest BCUT2D eigenvalue weighted by Gasteiger charge is -2.15. The quantitative estimate of drug-likeness (QED) is 0.759. The van der Waals surface area contributed by atoms with E-state index in [1.807, 2.05) is 0 Å². The topological polar surface area (TPSA) is 53.4 Å². The molecule has 0 aromatic carbocycles. The lowest BCUT2D eigenvalue weighted by Crippen LogP contribution is -2.20. The van der Waals surface area contributed by atoms with Gasteiger partial charge in [-0.25, -0.2) is 0 Å². The molecular weight excluding hydrogens is 213 g/mol. The van der Waals surface area contributed by atoms with Crippen LogP contribution in [0.2, 0.25) is 5.02 Å². The summed E-state index contributed by atoms with van der Waals surface area (Å²) >= 11 is 11.1. The van der Waals surface area contributed by atoms with E-state index < -0.39 is 12.2 Å². The van der Waals surface area contributed by atoms with Gasteiger partial charge in [-0.15, -0.1) is 11.6 Å². The third-order valence-electron chi connectivity index (χ3n) is 1.64. The van der Waals surface area contributed by atoms with Gasteiger partial charge >= 0.3 is 0 Å². The fraction of sp³-hybridized carbons (Fsp3) is 0.375. The molecule has 0 aliphatic rings. The zero-order valence-electron chi connectivity index (χ0n) is 6.69. The highest BCUT2D eigenvalue weighted by Crippen LogP contribution is 2.24. The number of pyridine rings is 1. The fourth-order valence-corrected chi connectivity index (χ4v) is 1.28. The third kappa shape index (κ3) is 2.54. The monoisotopic (exact) mass is 221 g/mol. The molecule has 72 valence electrons. The molecule has 1 aromatic rings. The van der Waals surface area contributed by atoms with Gasteiger partial charge in [0.2, 0.25) is 0 Å². The molecule has 2 unspecified atom stereocenters. The van der Waals surface area contributed by atoms with Gasteiger partial charge in [-0.3, -0.25) is 4.98 Å². The molecular formula is C8H9Cl2NO2. The van der Waals surface area contributed by atoms with Gasteiger partial charge in [-0.2, -0.15) is 0 Å². The lowest BCUT2D eigenvalue weighted by molar-refractivity contribution is 0.0326. The zero-order valence-corrected chi connectivity index (χ0v) is 8.20. The Hall–Kier alpha value is -0.350. The van der Waals surface area contributed by atoms with Crippen LogP contribution in [0.5, 0.6) is 0 Å². The Kier molecular flexibility index (Phi) is 3.93. The minimum Gasteiger partial charge on any atom is -0.389 e. The first-order chi connectivity index (χ1) is 6.16. The number of aliphatic hydroxyl groups excluding tert-OH is 2. The molecule has 1 heterocycles. The molecule has 13 heavy (non-hydrogen) atoms. The van der Waals surface area contributed by atoms with Crippen LogP contribution in [0.1, 0.15) is 11.7 Å². The number of aliphatic hydroxyl groups is 2. The van der Waals surface area contributed by atoms with Crippen LogP contribution in [0.25, 0.3) is 0 Å². The Balaban J connectivity index is 2.88. The molecule has 0 aliphatic heterocycles. The van der Waals surface area contributed by atoms with E-state index in [2.05, 4.69) is 4.98 Å². The molecule has 2 N–H and O–H groups in total. The lowest BCUT2D eigenvalue weighted by atomic mass is 10.1. The smallest absolute Gasteiger partial charge is 0.109 e.